The molecule has 0 aromatic heterocycles. The Bertz CT molecular complexity index is 441. The third-order valence-corrected chi connectivity index (χ3v) is 2.26. The Morgan fingerprint density at radius 2 is 2.06 bits per heavy atom. The van der Waals surface area contributed by atoms with Gasteiger partial charge in [-0.1, -0.05) is 11.6 Å². The van der Waals surface area contributed by atoms with Crippen LogP contribution in [0.15, 0.2) is 23.2 Å². The van der Waals surface area contributed by atoms with Crippen molar-refractivity contribution in [1.82, 2.24) is 4.90 Å². The highest BCUT2D eigenvalue weighted by Crippen LogP contribution is 2.22. The van der Waals surface area contributed by atoms with Crippen LogP contribution in [0.1, 0.15) is 5.56 Å². The van der Waals surface area contributed by atoms with E-state index in [9.17, 15) is 4.79 Å². The fourth-order valence-corrected chi connectivity index (χ4v) is 1.46. The Morgan fingerprint density at radius 3 is 2.50 bits per heavy atom. The van der Waals surface area contributed by atoms with Crippen molar-refractivity contribution in [3.63, 3.8) is 0 Å². The second kappa shape index (κ2) is 4.99. The van der Waals surface area contributed by atoms with E-state index >= 15 is 0 Å². The molecule has 0 saturated carbocycles. The van der Waals surface area contributed by atoms with E-state index in [4.69, 9.17) is 17.3 Å². The van der Waals surface area contributed by atoms with E-state index in [0.29, 0.717) is 10.7 Å². The van der Waals surface area contributed by atoms with Gasteiger partial charge in [-0.05, 0) is 30.7 Å². The van der Waals surface area contributed by atoms with Crippen LogP contribution in [0.5, 0.6) is 0 Å². The van der Waals surface area contributed by atoms with Crippen LogP contribution in [0.2, 0.25) is 5.02 Å². The van der Waals surface area contributed by atoms with Crippen molar-refractivity contribution in [3.05, 3.63) is 28.8 Å². The van der Waals surface area contributed by atoms with E-state index in [1.165, 1.54) is 0 Å². The SMILES string of the molecule is Cc1cc(Cl)ccc1N=C(C(N)=O)N(C)C. The van der Waals surface area contributed by atoms with Gasteiger partial charge in [-0.2, -0.15) is 0 Å². The van der Waals surface area contributed by atoms with E-state index < -0.39 is 5.91 Å². The van der Waals surface area contributed by atoms with Crippen LogP contribution >= 0.6 is 11.6 Å². The van der Waals surface area contributed by atoms with Gasteiger partial charge in [-0.25, -0.2) is 4.99 Å². The lowest BCUT2D eigenvalue weighted by molar-refractivity contribution is -0.112. The molecule has 16 heavy (non-hydrogen) atoms. The van der Waals surface area contributed by atoms with Gasteiger partial charge in [0.25, 0.3) is 5.91 Å². The van der Waals surface area contributed by atoms with E-state index in [0.717, 1.165) is 5.56 Å². The highest BCUT2D eigenvalue weighted by atomic mass is 35.5. The van der Waals surface area contributed by atoms with Crippen LogP contribution in [-0.4, -0.2) is 30.7 Å². The number of amidine groups is 1. The molecule has 2 N–H and O–H groups in total. The lowest BCUT2D eigenvalue weighted by Gasteiger charge is -2.12. The Hall–Kier alpha value is -1.55. The normalized spacial score (nSPS) is 11.4. The van der Waals surface area contributed by atoms with Crippen LogP contribution in [0.4, 0.5) is 5.69 Å². The summed E-state index contributed by atoms with van der Waals surface area (Å²) in [5.74, 6) is -0.343. The van der Waals surface area contributed by atoms with Crippen LogP contribution in [0.25, 0.3) is 0 Å². The van der Waals surface area contributed by atoms with Gasteiger partial charge in [0.2, 0.25) is 0 Å². The van der Waals surface area contributed by atoms with E-state index in [-0.39, 0.29) is 5.84 Å². The summed E-state index contributed by atoms with van der Waals surface area (Å²) in [6.07, 6.45) is 0. The average Bonchev–Trinajstić information content (AvgIpc) is 2.15. The maximum absolute atomic E-state index is 11.1. The van der Waals surface area contributed by atoms with Crippen molar-refractivity contribution in [1.29, 1.82) is 0 Å². The van der Waals surface area contributed by atoms with Crippen LogP contribution in [0.3, 0.4) is 0 Å². The summed E-state index contributed by atoms with van der Waals surface area (Å²) >= 11 is 5.83. The summed E-state index contributed by atoms with van der Waals surface area (Å²) < 4.78 is 0. The molecule has 1 aromatic carbocycles. The molecule has 0 aliphatic rings. The zero-order valence-corrected chi connectivity index (χ0v) is 10.2. The molecule has 0 fully saturated rings. The Balaban J connectivity index is 3.18. The molecule has 0 bridgehead atoms. The Labute approximate surface area is 99.7 Å². The molecule has 86 valence electrons. The maximum Gasteiger partial charge on any atom is 0.284 e. The molecule has 0 heterocycles. The number of aliphatic imine (C=N–C) groups is 1. The van der Waals surface area contributed by atoms with Crippen molar-refractivity contribution in [2.24, 2.45) is 10.7 Å². The molecule has 0 aliphatic carbocycles. The Kier molecular flexibility index (Phi) is 3.90. The number of amides is 1. The minimum atomic E-state index is -0.556. The van der Waals surface area contributed by atoms with Gasteiger partial charge in [0.05, 0.1) is 5.69 Å². The largest absolute Gasteiger partial charge is 0.363 e. The molecule has 0 unspecified atom stereocenters. The first kappa shape index (κ1) is 12.5. The van der Waals surface area contributed by atoms with Gasteiger partial charge in [-0.15, -0.1) is 0 Å². The lowest BCUT2D eigenvalue weighted by Crippen LogP contribution is -2.35. The van der Waals surface area contributed by atoms with Gasteiger partial charge in [-0.3, -0.25) is 4.79 Å². The first-order chi connectivity index (χ1) is 7.41. The van der Waals surface area contributed by atoms with Crippen molar-refractivity contribution in [2.75, 3.05) is 14.1 Å². The molecule has 4 nitrogen and oxygen atoms in total. The standard InChI is InChI=1S/C11H14ClN3O/c1-7-6-8(12)4-5-9(7)14-11(10(13)16)15(2)3/h4-6H,1-3H3,(H2,13,16). The number of nitrogens with zero attached hydrogens (tertiary/aromatic N) is 2. The third-order valence-electron chi connectivity index (χ3n) is 2.03. The second-order valence-corrected chi connectivity index (χ2v) is 4.06. The topological polar surface area (TPSA) is 58.7 Å². The number of aryl methyl sites for hydroxylation is 1. The first-order valence-corrected chi connectivity index (χ1v) is 5.11. The first-order valence-electron chi connectivity index (χ1n) is 4.74. The number of likely N-dealkylation sites (N-methyl/N-ethyl adjacent to an activating group) is 1. The third kappa shape index (κ3) is 2.97. The number of benzene rings is 1. The molecule has 0 spiro atoms. The molecule has 0 atom stereocenters. The fraction of sp³-hybridized carbons (Fsp3) is 0.273. The number of hydrogen-bond donors (Lipinski definition) is 1. The number of primary amides is 1. The van der Waals surface area contributed by atoms with Crippen LogP contribution in [-0.2, 0) is 4.79 Å². The molecular formula is C11H14ClN3O. The predicted octanol–water partition coefficient (Wildman–Crippen LogP) is 1.73. The monoisotopic (exact) mass is 239 g/mol. The smallest absolute Gasteiger partial charge is 0.284 e. The molecule has 0 saturated heterocycles. The van der Waals surface area contributed by atoms with Crippen LogP contribution < -0.4 is 5.73 Å². The number of carbonyl (C=O) groups is 1. The maximum atomic E-state index is 11.1. The zero-order valence-electron chi connectivity index (χ0n) is 9.49. The van der Waals surface area contributed by atoms with Crippen molar-refractivity contribution in [2.45, 2.75) is 6.92 Å². The summed E-state index contributed by atoms with van der Waals surface area (Å²) in [6, 6.07) is 5.26. The van der Waals surface area contributed by atoms with Crippen molar-refractivity contribution in [3.8, 4) is 0 Å². The molecule has 0 radical (unpaired) electrons. The molecule has 1 aromatic rings. The number of nitrogens with two attached hydrogens (primary N) is 1. The fourth-order valence-electron chi connectivity index (χ4n) is 1.23. The summed E-state index contributed by atoms with van der Waals surface area (Å²) in [7, 11) is 3.43. The van der Waals surface area contributed by atoms with Crippen LogP contribution in [0, 0.1) is 6.92 Å². The van der Waals surface area contributed by atoms with Gasteiger partial charge < -0.3 is 10.6 Å². The number of carbonyl (C=O) groups excluding carboxylic acids is 1. The summed E-state index contributed by atoms with van der Waals surface area (Å²) in [4.78, 5) is 16.9. The van der Waals surface area contributed by atoms with Gasteiger partial charge in [0, 0.05) is 19.1 Å². The highest BCUT2D eigenvalue weighted by molar-refractivity contribution is 6.37. The Morgan fingerprint density at radius 1 is 1.44 bits per heavy atom. The highest BCUT2D eigenvalue weighted by Gasteiger charge is 2.10. The molecular weight excluding hydrogens is 226 g/mol. The lowest BCUT2D eigenvalue weighted by atomic mass is 10.2. The second-order valence-electron chi connectivity index (χ2n) is 3.62. The average molecular weight is 240 g/mol. The minimum absolute atomic E-state index is 0.213. The molecule has 0 aliphatic heterocycles. The summed E-state index contributed by atoms with van der Waals surface area (Å²) in [6.45, 7) is 1.87. The molecule has 1 amide bonds. The molecule has 5 heteroatoms. The summed E-state index contributed by atoms with van der Waals surface area (Å²) in [5, 5.41) is 0.641. The molecule has 1 rings (SSSR count). The summed E-state index contributed by atoms with van der Waals surface area (Å²) in [5.41, 5.74) is 6.81. The van der Waals surface area contributed by atoms with Gasteiger partial charge in [0.15, 0.2) is 5.84 Å². The van der Waals surface area contributed by atoms with E-state index in [2.05, 4.69) is 4.99 Å². The van der Waals surface area contributed by atoms with E-state index in [1.54, 1.807) is 37.2 Å². The number of hydrogen-bond acceptors (Lipinski definition) is 2. The van der Waals surface area contributed by atoms with Crippen molar-refractivity contribution >= 4 is 29.0 Å². The number of rotatable bonds is 1. The quantitative estimate of drug-likeness (QED) is 0.599. The van der Waals surface area contributed by atoms with Crippen molar-refractivity contribution < 1.29 is 4.79 Å². The zero-order chi connectivity index (χ0) is 12.3. The predicted molar refractivity (Wildman–Crippen MR) is 66.2 cm³/mol. The van der Waals surface area contributed by atoms with E-state index in [1.807, 2.05) is 6.92 Å². The minimum Gasteiger partial charge on any atom is -0.363 e. The number of halogens is 1. The van der Waals surface area contributed by atoms with Gasteiger partial charge >= 0.3 is 0 Å². The van der Waals surface area contributed by atoms with Gasteiger partial charge in [0.1, 0.15) is 0 Å².